The van der Waals surface area contributed by atoms with Crippen LogP contribution in [0.2, 0.25) is 5.02 Å². The number of H-pyrrole nitrogens is 1. The number of hydrogen-bond acceptors (Lipinski definition) is 2. The zero-order valence-corrected chi connectivity index (χ0v) is 19.6. The molecule has 28 heavy (non-hydrogen) atoms. The minimum atomic E-state index is 0. The summed E-state index contributed by atoms with van der Waals surface area (Å²) in [5.74, 6) is 0.821. The van der Waals surface area contributed by atoms with Crippen LogP contribution < -0.4 is 10.6 Å². The van der Waals surface area contributed by atoms with Gasteiger partial charge in [0, 0.05) is 54.5 Å². The molecule has 0 unspecified atom stereocenters. The first-order chi connectivity index (χ1) is 13.1. The monoisotopic (exact) mass is 514 g/mol. The number of halogens is 2. The molecular formula is C20H28ClIN6. The minimum absolute atomic E-state index is 0. The summed E-state index contributed by atoms with van der Waals surface area (Å²) in [6, 6.07) is 8.03. The number of rotatable bonds is 7. The van der Waals surface area contributed by atoms with Crippen LogP contribution in [-0.4, -0.2) is 40.9 Å². The van der Waals surface area contributed by atoms with Gasteiger partial charge in [-0.2, -0.15) is 5.10 Å². The van der Waals surface area contributed by atoms with Crippen LogP contribution in [0.15, 0.2) is 35.5 Å². The number of benzene rings is 1. The van der Waals surface area contributed by atoms with Gasteiger partial charge in [0.15, 0.2) is 5.96 Å². The lowest BCUT2D eigenvalue weighted by molar-refractivity contribution is 0.555. The maximum Gasteiger partial charge on any atom is 0.190 e. The second-order valence-electron chi connectivity index (χ2n) is 6.68. The SMILES string of the molecule is CN=C(NCCCn1nc(C)cc1C)NCCc1c[nH]c2ccc(Cl)cc12.I. The number of nitrogens with one attached hydrogen (secondary N) is 3. The Morgan fingerprint density at radius 1 is 1.21 bits per heavy atom. The van der Waals surface area contributed by atoms with E-state index in [2.05, 4.69) is 43.4 Å². The molecule has 3 aromatic rings. The lowest BCUT2D eigenvalue weighted by Crippen LogP contribution is -2.39. The summed E-state index contributed by atoms with van der Waals surface area (Å²) in [6.45, 7) is 6.66. The molecule has 3 rings (SSSR count). The van der Waals surface area contributed by atoms with Gasteiger partial charge in [0.05, 0.1) is 5.69 Å². The number of aliphatic imine (C=N–C) groups is 1. The number of guanidine groups is 1. The second kappa shape index (κ2) is 10.7. The summed E-state index contributed by atoms with van der Waals surface area (Å²) in [5, 5.41) is 13.2. The molecule has 3 N–H and O–H groups in total. The Bertz CT molecular complexity index is 930. The van der Waals surface area contributed by atoms with E-state index < -0.39 is 0 Å². The highest BCUT2D eigenvalue weighted by atomic mass is 127. The van der Waals surface area contributed by atoms with Crippen LogP contribution in [0.4, 0.5) is 0 Å². The summed E-state index contributed by atoms with van der Waals surface area (Å²) in [5.41, 5.74) is 4.63. The fourth-order valence-corrected chi connectivity index (χ4v) is 3.40. The Kier molecular flexibility index (Phi) is 8.62. The van der Waals surface area contributed by atoms with Gasteiger partial charge in [0.1, 0.15) is 0 Å². The molecule has 8 heteroatoms. The van der Waals surface area contributed by atoms with E-state index in [1.54, 1.807) is 7.05 Å². The molecule has 0 fully saturated rings. The van der Waals surface area contributed by atoms with Gasteiger partial charge in [-0.1, -0.05) is 11.6 Å². The molecule has 0 saturated carbocycles. The highest BCUT2D eigenvalue weighted by Crippen LogP contribution is 2.22. The van der Waals surface area contributed by atoms with Crippen molar-refractivity contribution in [3.63, 3.8) is 0 Å². The quantitative estimate of drug-likeness (QED) is 0.193. The molecule has 0 bridgehead atoms. The van der Waals surface area contributed by atoms with E-state index in [1.807, 2.05) is 31.3 Å². The summed E-state index contributed by atoms with van der Waals surface area (Å²) in [7, 11) is 1.79. The van der Waals surface area contributed by atoms with Crippen LogP contribution in [-0.2, 0) is 13.0 Å². The van der Waals surface area contributed by atoms with Gasteiger partial charge in [-0.3, -0.25) is 9.67 Å². The van der Waals surface area contributed by atoms with Crippen LogP contribution >= 0.6 is 35.6 Å². The molecule has 152 valence electrons. The molecule has 0 atom stereocenters. The first-order valence-electron chi connectivity index (χ1n) is 9.28. The van der Waals surface area contributed by atoms with Crippen molar-refractivity contribution in [3.8, 4) is 0 Å². The van der Waals surface area contributed by atoms with Crippen LogP contribution in [0.1, 0.15) is 23.4 Å². The molecule has 2 heterocycles. The summed E-state index contributed by atoms with van der Waals surface area (Å²) in [4.78, 5) is 7.58. The van der Waals surface area contributed by atoms with Crippen molar-refractivity contribution in [2.24, 2.45) is 4.99 Å². The first kappa shape index (κ1) is 22.5. The van der Waals surface area contributed by atoms with Crippen LogP contribution in [0.5, 0.6) is 0 Å². The van der Waals surface area contributed by atoms with Gasteiger partial charge in [-0.15, -0.1) is 24.0 Å². The average molecular weight is 515 g/mol. The Labute approximate surface area is 188 Å². The molecule has 0 aliphatic rings. The summed E-state index contributed by atoms with van der Waals surface area (Å²) >= 11 is 6.12. The first-order valence-corrected chi connectivity index (χ1v) is 9.65. The van der Waals surface area contributed by atoms with Crippen molar-refractivity contribution < 1.29 is 0 Å². The normalized spacial score (nSPS) is 11.5. The highest BCUT2D eigenvalue weighted by Gasteiger charge is 2.05. The number of nitrogens with zero attached hydrogens (tertiary/aromatic N) is 3. The van der Waals surface area contributed by atoms with Crippen molar-refractivity contribution in [3.05, 3.63) is 52.4 Å². The lowest BCUT2D eigenvalue weighted by atomic mass is 10.1. The van der Waals surface area contributed by atoms with E-state index in [0.717, 1.165) is 54.7 Å². The molecule has 2 aromatic heterocycles. The third-order valence-corrected chi connectivity index (χ3v) is 4.82. The van der Waals surface area contributed by atoms with Crippen LogP contribution in [0.25, 0.3) is 10.9 Å². The van der Waals surface area contributed by atoms with Crippen molar-refractivity contribution in [1.29, 1.82) is 0 Å². The van der Waals surface area contributed by atoms with E-state index in [1.165, 1.54) is 16.6 Å². The molecule has 0 radical (unpaired) electrons. The second-order valence-corrected chi connectivity index (χ2v) is 7.12. The third kappa shape index (κ3) is 5.88. The number of fused-ring (bicyclic) bond motifs is 1. The molecular weight excluding hydrogens is 487 g/mol. The predicted molar refractivity (Wildman–Crippen MR) is 128 cm³/mol. The largest absolute Gasteiger partial charge is 0.361 e. The van der Waals surface area contributed by atoms with Gasteiger partial charge in [-0.25, -0.2) is 0 Å². The van der Waals surface area contributed by atoms with Crippen LogP contribution in [0.3, 0.4) is 0 Å². The van der Waals surface area contributed by atoms with Crippen LogP contribution in [0, 0.1) is 13.8 Å². The number of hydrogen-bond donors (Lipinski definition) is 3. The average Bonchev–Trinajstić information content (AvgIpc) is 3.19. The highest BCUT2D eigenvalue weighted by molar-refractivity contribution is 14.0. The zero-order chi connectivity index (χ0) is 19.2. The Morgan fingerprint density at radius 3 is 2.71 bits per heavy atom. The zero-order valence-electron chi connectivity index (χ0n) is 16.6. The summed E-state index contributed by atoms with van der Waals surface area (Å²) in [6.07, 6.45) is 3.93. The molecule has 6 nitrogen and oxygen atoms in total. The smallest absolute Gasteiger partial charge is 0.190 e. The number of aromatic amines is 1. The Balaban J connectivity index is 0.00000280. The lowest BCUT2D eigenvalue weighted by Gasteiger charge is -2.12. The summed E-state index contributed by atoms with van der Waals surface area (Å²) < 4.78 is 2.05. The van der Waals surface area contributed by atoms with Crippen molar-refractivity contribution in [2.75, 3.05) is 20.1 Å². The van der Waals surface area contributed by atoms with Gasteiger partial charge >= 0.3 is 0 Å². The number of aryl methyl sites for hydroxylation is 3. The molecule has 0 saturated heterocycles. The number of aromatic nitrogens is 3. The molecule has 0 spiro atoms. The topological polar surface area (TPSA) is 70.0 Å². The molecule has 0 aliphatic heterocycles. The van der Waals surface area contributed by atoms with E-state index in [-0.39, 0.29) is 24.0 Å². The molecule has 0 aliphatic carbocycles. The van der Waals surface area contributed by atoms with E-state index in [4.69, 9.17) is 11.6 Å². The van der Waals surface area contributed by atoms with Gasteiger partial charge in [-0.05, 0) is 56.5 Å². The van der Waals surface area contributed by atoms with E-state index >= 15 is 0 Å². The van der Waals surface area contributed by atoms with E-state index in [0.29, 0.717) is 0 Å². The van der Waals surface area contributed by atoms with Gasteiger partial charge < -0.3 is 15.6 Å². The van der Waals surface area contributed by atoms with E-state index in [9.17, 15) is 0 Å². The van der Waals surface area contributed by atoms with Gasteiger partial charge in [0.25, 0.3) is 0 Å². The molecule has 0 amide bonds. The third-order valence-electron chi connectivity index (χ3n) is 4.58. The van der Waals surface area contributed by atoms with Crippen molar-refractivity contribution in [1.82, 2.24) is 25.4 Å². The fraction of sp³-hybridized carbons (Fsp3) is 0.400. The predicted octanol–water partition coefficient (Wildman–Crippen LogP) is 4.05. The Hall–Kier alpha value is -1.74. The maximum absolute atomic E-state index is 6.12. The standard InChI is InChI=1S/C20H27ClN6.HI/c1-14-11-15(2)27(26-14)10-4-8-23-20(22-3)24-9-7-16-13-25-19-6-5-17(21)12-18(16)19;/h5-6,11-13,25H,4,7-10H2,1-3H3,(H2,22,23,24);1H. The maximum atomic E-state index is 6.12. The fourth-order valence-electron chi connectivity index (χ4n) is 3.23. The Morgan fingerprint density at radius 2 is 2.00 bits per heavy atom. The van der Waals surface area contributed by atoms with Crippen molar-refractivity contribution >= 4 is 52.4 Å². The molecule has 1 aromatic carbocycles. The minimum Gasteiger partial charge on any atom is -0.361 e. The van der Waals surface area contributed by atoms with Crippen molar-refractivity contribution in [2.45, 2.75) is 33.2 Å². The van der Waals surface area contributed by atoms with Gasteiger partial charge in [0.2, 0.25) is 0 Å².